The molecule has 1 aliphatic heterocycles. The quantitative estimate of drug-likeness (QED) is 0.579. The number of rotatable bonds is 7. The van der Waals surface area contributed by atoms with E-state index >= 15 is 0 Å². The average molecular weight is 385 g/mol. The number of carbonyl (C=O) groups is 1. The molecule has 1 amide bonds. The fourth-order valence-corrected chi connectivity index (χ4v) is 3.49. The monoisotopic (exact) mass is 384 g/mol. The third-order valence-corrected chi connectivity index (χ3v) is 5.44. The number of hydrogen-bond acceptors (Lipinski definition) is 5. The van der Waals surface area contributed by atoms with Crippen LogP contribution >= 0.6 is 11.8 Å². The van der Waals surface area contributed by atoms with Gasteiger partial charge in [0.05, 0.1) is 11.0 Å². The van der Waals surface area contributed by atoms with Gasteiger partial charge in [0, 0.05) is 11.3 Å². The Labute approximate surface area is 164 Å². The van der Waals surface area contributed by atoms with Crippen LogP contribution in [-0.4, -0.2) is 30.1 Å². The molecule has 0 bridgehead atoms. The summed E-state index contributed by atoms with van der Waals surface area (Å²) in [5, 5.41) is 4.16. The molecule has 1 heterocycles. The van der Waals surface area contributed by atoms with Crippen molar-refractivity contribution in [3.8, 4) is 11.5 Å². The molecule has 2 aromatic rings. The Hall–Kier alpha value is -2.47. The highest BCUT2D eigenvalue weighted by atomic mass is 32.2. The van der Waals surface area contributed by atoms with Gasteiger partial charge in [-0.1, -0.05) is 37.3 Å². The first kappa shape index (κ1) is 19.3. The van der Waals surface area contributed by atoms with Crippen molar-refractivity contribution < 1.29 is 14.3 Å². The van der Waals surface area contributed by atoms with Gasteiger partial charge >= 0.3 is 0 Å². The Bertz CT molecular complexity index is 808. The lowest BCUT2D eigenvalue weighted by Gasteiger charge is -2.19. The number of benzene rings is 2. The second-order valence-corrected chi connectivity index (χ2v) is 7.51. The van der Waals surface area contributed by atoms with E-state index in [1.165, 1.54) is 5.56 Å². The Balaban J connectivity index is 1.59. The summed E-state index contributed by atoms with van der Waals surface area (Å²) in [5.74, 6) is 2.16. The summed E-state index contributed by atoms with van der Waals surface area (Å²) in [6, 6.07) is 15.9. The molecule has 0 spiro atoms. The zero-order chi connectivity index (χ0) is 19.1. The number of hydrogen-bond donors (Lipinski definition) is 1. The summed E-state index contributed by atoms with van der Waals surface area (Å²) in [6.45, 7) is 5.02. The molecule has 0 unspecified atom stereocenters. The van der Waals surface area contributed by atoms with Crippen LogP contribution in [0.15, 0.2) is 53.6 Å². The van der Waals surface area contributed by atoms with E-state index in [9.17, 15) is 4.79 Å². The first-order chi connectivity index (χ1) is 13.2. The molecule has 2 aromatic carbocycles. The van der Waals surface area contributed by atoms with E-state index in [1.807, 2.05) is 50.2 Å². The number of thioether (sulfide) groups is 1. The van der Waals surface area contributed by atoms with Crippen molar-refractivity contribution in [1.82, 2.24) is 5.43 Å². The number of nitrogens with zero attached hydrogens (tertiary/aromatic N) is 1. The van der Waals surface area contributed by atoms with Gasteiger partial charge in [0.15, 0.2) is 11.5 Å². The molecule has 0 aromatic heterocycles. The van der Waals surface area contributed by atoms with Gasteiger partial charge in [0.2, 0.25) is 0 Å². The highest BCUT2D eigenvalue weighted by Crippen LogP contribution is 2.31. The molecule has 0 saturated carbocycles. The van der Waals surface area contributed by atoms with E-state index in [0.717, 1.165) is 28.5 Å². The van der Waals surface area contributed by atoms with Crippen LogP contribution in [0.5, 0.6) is 11.5 Å². The van der Waals surface area contributed by atoms with Crippen molar-refractivity contribution in [2.75, 3.05) is 13.2 Å². The third-order valence-electron chi connectivity index (χ3n) is 4.22. The molecule has 5 nitrogen and oxygen atoms in total. The van der Waals surface area contributed by atoms with Crippen LogP contribution in [0.3, 0.4) is 0 Å². The minimum absolute atomic E-state index is 0.0978. The van der Waals surface area contributed by atoms with Crippen molar-refractivity contribution >= 4 is 23.4 Å². The third kappa shape index (κ3) is 5.26. The molecule has 6 heteroatoms. The maximum Gasteiger partial charge on any atom is 0.252 e. The largest absolute Gasteiger partial charge is 0.486 e. The number of carbonyl (C=O) groups excluding carboxylic acids is 1. The maximum absolute atomic E-state index is 12.4. The highest BCUT2D eigenvalue weighted by Gasteiger charge is 2.15. The van der Waals surface area contributed by atoms with E-state index < -0.39 is 0 Å². The molecule has 1 aliphatic rings. The van der Waals surface area contributed by atoms with E-state index in [0.29, 0.717) is 19.6 Å². The Morgan fingerprint density at radius 2 is 1.89 bits per heavy atom. The maximum atomic E-state index is 12.4. The molecule has 0 saturated heterocycles. The highest BCUT2D eigenvalue weighted by molar-refractivity contribution is 7.99. The van der Waals surface area contributed by atoms with Gasteiger partial charge in [0.1, 0.15) is 13.2 Å². The van der Waals surface area contributed by atoms with Crippen molar-refractivity contribution in [3.63, 3.8) is 0 Å². The Kier molecular flexibility index (Phi) is 6.76. The lowest BCUT2D eigenvalue weighted by Crippen LogP contribution is -2.28. The molecular weight excluding hydrogens is 360 g/mol. The number of ether oxygens (including phenoxy) is 2. The summed E-state index contributed by atoms with van der Waals surface area (Å²) in [6.07, 6.45) is 0.700. The Morgan fingerprint density at radius 1 is 1.15 bits per heavy atom. The number of nitrogens with one attached hydrogen (secondary N) is 1. The molecule has 27 heavy (non-hydrogen) atoms. The van der Waals surface area contributed by atoms with Crippen LogP contribution in [0.1, 0.15) is 31.4 Å². The van der Waals surface area contributed by atoms with E-state index in [4.69, 9.17) is 9.47 Å². The summed E-state index contributed by atoms with van der Waals surface area (Å²) in [7, 11) is 0. The van der Waals surface area contributed by atoms with E-state index in [2.05, 4.69) is 22.7 Å². The van der Waals surface area contributed by atoms with Crippen molar-refractivity contribution in [3.05, 3.63) is 59.7 Å². The van der Waals surface area contributed by atoms with Crippen LogP contribution < -0.4 is 14.9 Å². The molecule has 142 valence electrons. The van der Waals surface area contributed by atoms with Crippen molar-refractivity contribution in [1.29, 1.82) is 0 Å². The molecule has 0 fully saturated rings. The summed E-state index contributed by atoms with van der Waals surface area (Å²) in [4.78, 5) is 12.4. The second kappa shape index (κ2) is 9.46. The molecular formula is C21H24N2O3S. The SMILES string of the molecule is CC/C(=N/NC(=O)[C@@H](C)SCc1ccccc1)c1ccc2c(c1)OCCO2. The van der Waals surface area contributed by atoms with Gasteiger partial charge in [0.25, 0.3) is 5.91 Å². The number of hydrazone groups is 1. The lowest BCUT2D eigenvalue weighted by atomic mass is 10.1. The second-order valence-electron chi connectivity index (χ2n) is 6.19. The van der Waals surface area contributed by atoms with Crippen LogP contribution in [0.4, 0.5) is 0 Å². The number of amides is 1. The molecule has 1 atom stereocenters. The van der Waals surface area contributed by atoms with Crippen LogP contribution in [0, 0.1) is 0 Å². The average Bonchev–Trinajstić information content (AvgIpc) is 2.73. The van der Waals surface area contributed by atoms with Gasteiger partial charge in [-0.25, -0.2) is 5.43 Å². The van der Waals surface area contributed by atoms with Gasteiger partial charge in [-0.2, -0.15) is 5.10 Å². The molecule has 1 N–H and O–H groups in total. The fraction of sp³-hybridized carbons (Fsp3) is 0.333. The summed E-state index contributed by atoms with van der Waals surface area (Å²) >= 11 is 1.59. The Morgan fingerprint density at radius 3 is 2.63 bits per heavy atom. The zero-order valence-electron chi connectivity index (χ0n) is 15.6. The van der Waals surface area contributed by atoms with Crippen LogP contribution in [-0.2, 0) is 10.5 Å². The van der Waals surface area contributed by atoms with Crippen molar-refractivity contribution in [2.24, 2.45) is 5.10 Å². The zero-order valence-corrected chi connectivity index (χ0v) is 16.4. The normalized spacial score (nSPS) is 14.5. The smallest absolute Gasteiger partial charge is 0.252 e. The number of fused-ring (bicyclic) bond motifs is 1. The summed E-state index contributed by atoms with van der Waals surface area (Å²) in [5.41, 5.74) is 5.64. The van der Waals surface area contributed by atoms with E-state index in [-0.39, 0.29) is 11.2 Å². The predicted molar refractivity (Wildman–Crippen MR) is 110 cm³/mol. The lowest BCUT2D eigenvalue weighted by molar-refractivity contribution is -0.120. The van der Waals surface area contributed by atoms with Crippen LogP contribution in [0.25, 0.3) is 0 Å². The van der Waals surface area contributed by atoms with Gasteiger partial charge in [-0.15, -0.1) is 11.8 Å². The molecule has 3 rings (SSSR count). The van der Waals surface area contributed by atoms with Gasteiger partial charge in [-0.05, 0) is 37.1 Å². The molecule has 0 radical (unpaired) electrons. The molecule has 0 aliphatic carbocycles. The van der Waals surface area contributed by atoms with Crippen molar-refractivity contribution in [2.45, 2.75) is 31.3 Å². The van der Waals surface area contributed by atoms with Gasteiger partial charge < -0.3 is 9.47 Å². The minimum Gasteiger partial charge on any atom is -0.486 e. The predicted octanol–water partition coefficient (Wildman–Crippen LogP) is 4.01. The first-order valence-electron chi connectivity index (χ1n) is 9.09. The van der Waals surface area contributed by atoms with Gasteiger partial charge in [-0.3, -0.25) is 4.79 Å². The first-order valence-corrected chi connectivity index (χ1v) is 10.1. The van der Waals surface area contributed by atoms with E-state index in [1.54, 1.807) is 11.8 Å². The topological polar surface area (TPSA) is 59.9 Å². The van der Waals surface area contributed by atoms with Crippen LogP contribution in [0.2, 0.25) is 0 Å². The minimum atomic E-state index is -0.188. The fourth-order valence-electron chi connectivity index (χ4n) is 2.66. The summed E-state index contributed by atoms with van der Waals surface area (Å²) < 4.78 is 11.2. The standard InChI is InChI=1S/C21H24N2O3S/c1-3-18(17-9-10-19-20(13-17)26-12-11-25-19)22-23-21(24)15(2)27-14-16-7-5-4-6-8-16/h4-10,13,15H,3,11-12,14H2,1-2H3,(H,23,24)/b22-18-/t15-/m1/s1.